The van der Waals surface area contributed by atoms with Crippen molar-refractivity contribution in [1.82, 2.24) is 4.57 Å². The Bertz CT molecular complexity index is 1560. The van der Waals surface area contributed by atoms with Gasteiger partial charge in [-0.15, -0.1) is 0 Å². The lowest BCUT2D eigenvalue weighted by Gasteiger charge is -2.25. The standard InChI is InChI=1S/C25H20BrClN2O5S/c1-4-33-24(32)21-13(2)28-25-29(22(21)17-7-5-6-8-18(17)27)23(31)20(35-25)12-15-11-16(26)9-10-19(15)34-14(3)30/h5-12,22H,4H2,1-3H3. The lowest BCUT2D eigenvalue weighted by Crippen LogP contribution is -2.40. The van der Waals surface area contributed by atoms with Gasteiger partial charge in [0.15, 0.2) is 4.80 Å². The molecule has 35 heavy (non-hydrogen) atoms. The summed E-state index contributed by atoms with van der Waals surface area (Å²) in [5.74, 6) is -0.716. The van der Waals surface area contributed by atoms with Crippen LogP contribution in [0, 0.1) is 0 Å². The number of fused-ring (bicyclic) bond motifs is 1. The summed E-state index contributed by atoms with van der Waals surface area (Å²) in [6.45, 7) is 4.91. The number of benzene rings is 2. The zero-order valence-corrected chi connectivity index (χ0v) is 22.2. The Balaban J connectivity index is 1.98. The molecule has 1 aliphatic rings. The zero-order valence-electron chi connectivity index (χ0n) is 19.0. The number of rotatable bonds is 5. The van der Waals surface area contributed by atoms with Crippen LogP contribution in [-0.4, -0.2) is 23.1 Å². The van der Waals surface area contributed by atoms with E-state index in [1.807, 2.05) is 0 Å². The molecular weight excluding hydrogens is 556 g/mol. The van der Waals surface area contributed by atoms with Gasteiger partial charge in [-0.2, -0.15) is 0 Å². The number of hydrogen-bond acceptors (Lipinski definition) is 7. The van der Waals surface area contributed by atoms with E-state index in [-0.39, 0.29) is 17.7 Å². The molecule has 0 bridgehead atoms. The maximum absolute atomic E-state index is 13.7. The van der Waals surface area contributed by atoms with Crippen molar-refractivity contribution in [1.29, 1.82) is 0 Å². The van der Waals surface area contributed by atoms with E-state index in [4.69, 9.17) is 21.1 Å². The number of esters is 2. The average Bonchev–Trinajstić information content (AvgIpc) is 3.09. The topological polar surface area (TPSA) is 87.0 Å². The molecule has 0 amide bonds. The number of carbonyl (C=O) groups is 2. The SMILES string of the molecule is CCOC(=O)C1=C(C)N=c2sc(=Cc3cc(Br)ccc3OC(C)=O)c(=O)n2C1c1ccccc1Cl. The third kappa shape index (κ3) is 5.03. The highest BCUT2D eigenvalue weighted by molar-refractivity contribution is 9.10. The number of nitrogens with zero attached hydrogens (tertiary/aromatic N) is 2. The number of halogens is 2. The molecule has 0 spiro atoms. The number of thiazole rings is 1. The summed E-state index contributed by atoms with van der Waals surface area (Å²) < 4.78 is 13.2. The largest absolute Gasteiger partial charge is 0.463 e. The molecule has 10 heteroatoms. The summed E-state index contributed by atoms with van der Waals surface area (Å²) in [5.41, 5.74) is 1.46. The van der Waals surface area contributed by atoms with Crippen LogP contribution < -0.4 is 19.6 Å². The molecule has 4 rings (SSSR count). The first kappa shape index (κ1) is 25.1. The molecular formula is C25H20BrClN2O5S. The maximum Gasteiger partial charge on any atom is 0.338 e. The average molecular weight is 576 g/mol. The zero-order chi connectivity index (χ0) is 25.3. The Labute approximate surface area is 218 Å². The van der Waals surface area contributed by atoms with Crippen molar-refractivity contribution in [2.45, 2.75) is 26.8 Å². The van der Waals surface area contributed by atoms with Crippen LogP contribution >= 0.6 is 38.9 Å². The van der Waals surface area contributed by atoms with Crippen LogP contribution in [0.3, 0.4) is 0 Å². The van der Waals surface area contributed by atoms with Crippen molar-refractivity contribution in [2.24, 2.45) is 4.99 Å². The van der Waals surface area contributed by atoms with E-state index in [1.165, 1.54) is 22.8 Å². The fourth-order valence-corrected chi connectivity index (χ4v) is 5.46. The van der Waals surface area contributed by atoms with Crippen molar-refractivity contribution >= 4 is 56.9 Å². The number of aromatic nitrogens is 1. The predicted molar refractivity (Wildman–Crippen MR) is 137 cm³/mol. The molecule has 0 N–H and O–H groups in total. The monoisotopic (exact) mass is 574 g/mol. The summed E-state index contributed by atoms with van der Waals surface area (Å²) in [7, 11) is 0. The molecule has 7 nitrogen and oxygen atoms in total. The van der Waals surface area contributed by atoms with E-state index in [2.05, 4.69) is 20.9 Å². The van der Waals surface area contributed by atoms with Gasteiger partial charge in [0.1, 0.15) is 11.8 Å². The van der Waals surface area contributed by atoms with E-state index in [1.54, 1.807) is 62.4 Å². The highest BCUT2D eigenvalue weighted by Gasteiger charge is 2.34. The van der Waals surface area contributed by atoms with E-state index < -0.39 is 18.0 Å². The van der Waals surface area contributed by atoms with Gasteiger partial charge in [0.2, 0.25) is 0 Å². The van der Waals surface area contributed by atoms with Crippen molar-refractivity contribution in [3.63, 3.8) is 0 Å². The molecule has 1 unspecified atom stereocenters. The number of hydrogen-bond donors (Lipinski definition) is 0. The Hall–Kier alpha value is -3.01. The van der Waals surface area contributed by atoms with Crippen molar-refractivity contribution in [2.75, 3.05) is 6.61 Å². The second kappa shape index (κ2) is 10.3. The predicted octanol–water partition coefficient (Wildman–Crippen LogP) is 4.14. The molecule has 0 aliphatic carbocycles. The van der Waals surface area contributed by atoms with Gasteiger partial charge in [0.05, 0.1) is 22.4 Å². The normalized spacial score (nSPS) is 15.5. The quantitative estimate of drug-likeness (QED) is 0.337. The molecule has 0 fully saturated rings. The second-order valence-electron chi connectivity index (χ2n) is 7.60. The first-order valence-electron chi connectivity index (χ1n) is 10.6. The highest BCUT2D eigenvalue weighted by Crippen LogP contribution is 2.34. The van der Waals surface area contributed by atoms with Gasteiger partial charge >= 0.3 is 11.9 Å². The number of allylic oxidation sites excluding steroid dienone is 1. The van der Waals surface area contributed by atoms with E-state index in [0.717, 1.165) is 4.47 Å². The smallest absolute Gasteiger partial charge is 0.338 e. The third-order valence-electron chi connectivity index (χ3n) is 5.23. The van der Waals surface area contributed by atoms with Gasteiger partial charge in [-0.3, -0.25) is 14.2 Å². The molecule has 3 aromatic rings. The van der Waals surface area contributed by atoms with Crippen molar-refractivity contribution in [3.05, 3.63) is 94.0 Å². The molecule has 2 heterocycles. The summed E-state index contributed by atoms with van der Waals surface area (Å²) in [4.78, 5) is 43.2. The minimum absolute atomic E-state index is 0.178. The van der Waals surface area contributed by atoms with Gasteiger partial charge in [-0.1, -0.05) is 57.1 Å². The Kier molecular flexibility index (Phi) is 7.39. The number of carbonyl (C=O) groups excluding carboxylic acids is 2. The van der Waals surface area contributed by atoms with Crippen LogP contribution in [0.5, 0.6) is 5.75 Å². The lowest BCUT2D eigenvalue weighted by molar-refractivity contribution is -0.139. The van der Waals surface area contributed by atoms with E-state index in [0.29, 0.717) is 36.9 Å². The molecule has 1 aliphatic heterocycles. The maximum atomic E-state index is 13.7. The van der Waals surface area contributed by atoms with E-state index >= 15 is 0 Å². The molecule has 0 saturated carbocycles. The van der Waals surface area contributed by atoms with Crippen LogP contribution in [-0.2, 0) is 14.3 Å². The van der Waals surface area contributed by atoms with Crippen molar-refractivity contribution in [3.8, 4) is 5.75 Å². The molecule has 1 atom stereocenters. The summed E-state index contributed by atoms with van der Waals surface area (Å²) in [6, 6.07) is 11.4. The van der Waals surface area contributed by atoms with Crippen LogP contribution in [0.2, 0.25) is 5.02 Å². The second-order valence-corrected chi connectivity index (χ2v) is 9.93. The van der Waals surface area contributed by atoms with Crippen LogP contribution in [0.25, 0.3) is 6.08 Å². The number of ether oxygens (including phenoxy) is 2. The highest BCUT2D eigenvalue weighted by atomic mass is 79.9. The lowest BCUT2D eigenvalue weighted by atomic mass is 9.96. The van der Waals surface area contributed by atoms with Gasteiger partial charge in [-0.05, 0) is 49.8 Å². The fraction of sp³-hybridized carbons (Fsp3) is 0.200. The van der Waals surface area contributed by atoms with Gasteiger partial charge in [-0.25, -0.2) is 9.79 Å². The summed E-state index contributed by atoms with van der Waals surface area (Å²) in [6.07, 6.45) is 1.64. The Morgan fingerprint density at radius 3 is 2.69 bits per heavy atom. The van der Waals surface area contributed by atoms with E-state index in [9.17, 15) is 14.4 Å². The summed E-state index contributed by atoms with van der Waals surface area (Å²) in [5, 5.41) is 0.410. The minimum Gasteiger partial charge on any atom is -0.463 e. The fourth-order valence-electron chi connectivity index (χ4n) is 3.80. The van der Waals surface area contributed by atoms with Crippen LogP contribution in [0.1, 0.15) is 37.9 Å². The summed E-state index contributed by atoms with van der Waals surface area (Å²) >= 11 is 11.1. The van der Waals surface area contributed by atoms with Gasteiger partial charge in [0, 0.05) is 22.0 Å². The Morgan fingerprint density at radius 1 is 1.26 bits per heavy atom. The van der Waals surface area contributed by atoms with Crippen LogP contribution in [0.4, 0.5) is 0 Å². The minimum atomic E-state index is -0.809. The van der Waals surface area contributed by atoms with Gasteiger partial charge < -0.3 is 9.47 Å². The third-order valence-corrected chi connectivity index (χ3v) is 7.05. The molecule has 0 radical (unpaired) electrons. The Morgan fingerprint density at radius 2 is 2.00 bits per heavy atom. The molecule has 0 saturated heterocycles. The van der Waals surface area contributed by atoms with Crippen LogP contribution in [0.15, 0.2) is 68.0 Å². The van der Waals surface area contributed by atoms with Crippen molar-refractivity contribution < 1.29 is 19.1 Å². The molecule has 180 valence electrons. The first-order chi connectivity index (χ1) is 16.7. The molecule has 1 aromatic heterocycles. The first-order valence-corrected chi connectivity index (χ1v) is 12.6. The van der Waals surface area contributed by atoms with Gasteiger partial charge in [0.25, 0.3) is 5.56 Å². The molecule has 2 aromatic carbocycles.